The fourth-order valence-electron chi connectivity index (χ4n) is 4.50. The van der Waals surface area contributed by atoms with Crippen molar-refractivity contribution < 1.29 is 14.1 Å². The zero-order valence-electron chi connectivity index (χ0n) is 19.2. The van der Waals surface area contributed by atoms with E-state index in [0.29, 0.717) is 44.3 Å². The van der Waals surface area contributed by atoms with Gasteiger partial charge in [-0.05, 0) is 43.3 Å². The number of carbonyl (C=O) groups is 2. The third-order valence-electron chi connectivity index (χ3n) is 6.37. The number of nitrogens with zero attached hydrogens (tertiary/aromatic N) is 5. The Morgan fingerprint density at radius 1 is 1.03 bits per heavy atom. The standard InChI is InChI=1S/C25H28N6O3/c1-2-26-25(33)30-14-12-29(13-15-30)20-10-8-18(9-11-20)23-27-24(34-28-23)19-16-22(32)31(17-19)21-6-4-3-5-7-21/h3-11,19H,2,12-17H2,1H3,(H,26,33)/t19-/m1/s1. The second-order valence-corrected chi connectivity index (χ2v) is 8.55. The number of nitrogens with one attached hydrogen (secondary N) is 1. The van der Waals surface area contributed by atoms with Gasteiger partial charge in [0.15, 0.2) is 0 Å². The molecular weight excluding hydrogens is 432 g/mol. The van der Waals surface area contributed by atoms with Crippen LogP contribution in [0.4, 0.5) is 16.2 Å². The van der Waals surface area contributed by atoms with Crippen LogP contribution in [0.2, 0.25) is 0 Å². The molecule has 2 aliphatic rings. The van der Waals surface area contributed by atoms with Crippen LogP contribution in [0, 0.1) is 0 Å². The van der Waals surface area contributed by atoms with Crippen molar-refractivity contribution in [3.8, 4) is 11.4 Å². The van der Waals surface area contributed by atoms with Crippen molar-refractivity contribution in [1.29, 1.82) is 0 Å². The lowest BCUT2D eigenvalue weighted by Crippen LogP contribution is -2.51. The SMILES string of the molecule is CCNC(=O)N1CCN(c2ccc(-c3noc([C@@H]4CC(=O)N(c5ccccc5)C4)n3)cc2)CC1. The molecule has 2 saturated heterocycles. The number of amides is 3. The summed E-state index contributed by atoms with van der Waals surface area (Å²) in [5, 5.41) is 7.02. The van der Waals surface area contributed by atoms with E-state index in [9.17, 15) is 9.59 Å². The van der Waals surface area contributed by atoms with Crippen LogP contribution in [0.15, 0.2) is 59.1 Å². The van der Waals surface area contributed by atoms with Gasteiger partial charge in [0.05, 0.1) is 5.92 Å². The van der Waals surface area contributed by atoms with Gasteiger partial charge in [-0.3, -0.25) is 4.79 Å². The van der Waals surface area contributed by atoms with Gasteiger partial charge in [0.25, 0.3) is 0 Å². The van der Waals surface area contributed by atoms with Crippen LogP contribution in [-0.2, 0) is 4.79 Å². The van der Waals surface area contributed by atoms with Crippen LogP contribution in [0.25, 0.3) is 11.4 Å². The monoisotopic (exact) mass is 460 g/mol. The number of anilines is 2. The summed E-state index contributed by atoms with van der Waals surface area (Å²) in [5.74, 6) is 0.961. The highest BCUT2D eigenvalue weighted by molar-refractivity contribution is 5.96. The number of hydrogen-bond acceptors (Lipinski definition) is 6. The van der Waals surface area contributed by atoms with Crippen molar-refractivity contribution in [2.45, 2.75) is 19.3 Å². The summed E-state index contributed by atoms with van der Waals surface area (Å²) in [6.45, 7) is 6.07. The summed E-state index contributed by atoms with van der Waals surface area (Å²) in [5.41, 5.74) is 2.85. The van der Waals surface area contributed by atoms with Crippen molar-refractivity contribution in [3.05, 3.63) is 60.5 Å². The maximum Gasteiger partial charge on any atom is 0.317 e. The summed E-state index contributed by atoms with van der Waals surface area (Å²) >= 11 is 0. The van der Waals surface area contributed by atoms with Gasteiger partial charge in [0, 0.05) is 62.6 Å². The smallest absolute Gasteiger partial charge is 0.317 e. The molecule has 9 nitrogen and oxygen atoms in total. The van der Waals surface area contributed by atoms with E-state index in [0.717, 1.165) is 30.0 Å². The first-order valence-corrected chi connectivity index (χ1v) is 11.7. The van der Waals surface area contributed by atoms with Gasteiger partial charge in [-0.25, -0.2) is 4.79 Å². The summed E-state index contributed by atoms with van der Waals surface area (Å²) in [6, 6.07) is 17.7. The minimum Gasteiger partial charge on any atom is -0.368 e. The van der Waals surface area contributed by atoms with E-state index in [1.54, 1.807) is 4.90 Å². The third kappa shape index (κ3) is 4.46. The molecule has 0 bridgehead atoms. The van der Waals surface area contributed by atoms with Crippen molar-refractivity contribution in [3.63, 3.8) is 0 Å². The van der Waals surface area contributed by atoms with Crippen LogP contribution in [0.5, 0.6) is 0 Å². The molecule has 3 heterocycles. The van der Waals surface area contributed by atoms with Crippen molar-refractivity contribution >= 4 is 23.3 Å². The lowest BCUT2D eigenvalue weighted by Gasteiger charge is -2.36. The highest BCUT2D eigenvalue weighted by Gasteiger charge is 2.35. The maximum absolute atomic E-state index is 12.5. The molecule has 0 unspecified atom stereocenters. The Balaban J connectivity index is 1.21. The van der Waals surface area contributed by atoms with Crippen LogP contribution >= 0.6 is 0 Å². The molecule has 3 amide bonds. The number of benzene rings is 2. The second-order valence-electron chi connectivity index (χ2n) is 8.55. The first-order chi connectivity index (χ1) is 16.6. The summed E-state index contributed by atoms with van der Waals surface area (Å²) in [7, 11) is 0. The summed E-state index contributed by atoms with van der Waals surface area (Å²) < 4.78 is 5.54. The van der Waals surface area contributed by atoms with Gasteiger partial charge >= 0.3 is 6.03 Å². The Morgan fingerprint density at radius 2 is 1.76 bits per heavy atom. The van der Waals surface area contributed by atoms with E-state index < -0.39 is 0 Å². The third-order valence-corrected chi connectivity index (χ3v) is 6.37. The van der Waals surface area contributed by atoms with E-state index in [1.165, 1.54) is 0 Å². The maximum atomic E-state index is 12.5. The predicted octanol–water partition coefficient (Wildman–Crippen LogP) is 3.11. The Morgan fingerprint density at radius 3 is 2.47 bits per heavy atom. The van der Waals surface area contributed by atoms with Gasteiger partial charge in [0.2, 0.25) is 17.6 Å². The zero-order chi connectivity index (χ0) is 23.5. The highest BCUT2D eigenvalue weighted by atomic mass is 16.5. The highest BCUT2D eigenvalue weighted by Crippen LogP contribution is 2.32. The minimum absolute atomic E-state index is 0.00117. The van der Waals surface area contributed by atoms with Gasteiger partial charge in [-0.15, -0.1) is 0 Å². The molecule has 0 saturated carbocycles. The molecule has 1 atom stereocenters. The molecule has 176 valence electrons. The van der Waals surface area contributed by atoms with Gasteiger partial charge in [0.1, 0.15) is 0 Å². The Labute approximate surface area is 198 Å². The molecule has 34 heavy (non-hydrogen) atoms. The molecule has 2 fully saturated rings. The zero-order valence-corrected chi connectivity index (χ0v) is 19.2. The number of aromatic nitrogens is 2. The number of carbonyl (C=O) groups excluding carboxylic acids is 2. The molecule has 2 aromatic carbocycles. The normalized spacial score (nSPS) is 18.4. The van der Waals surface area contributed by atoms with Crippen molar-refractivity contribution in [2.24, 2.45) is 0 Å². The molecule has 2 aliphatic heterocycles. The minimum atomic E-state index is -0.116. The van der Waals surface area contributed by atoms with Gasteiger partial charge < -0.3 is 24.5 Å². The lowest BCUT2D eigenvalue weighted by molar-refractivity contribution is -0.117. The Hall–Kier alpha value is -3.88. The first kappa shape index (κ1) is 21.9. The largest absolute Gasteiger partial charge is 0.368 e. The fourth-order valence-corrected chi connectivity index (χ4v) is 4.50. The molecule has 3 aromatic rings. The molecule has 0 spiro atoms. The van der Waals surface area contributed by atoms with Crippen LogP contribution in [0.3, 0.4) is 0 Å². The Bertz CT molecular complexity index is 1140. The van der Waals surface area contributed by atoms with E-state index >= 15 is 0 Å². The van der Waals surface area contributed by atoms with E-state index in [2.05, 4.69) is 20.4 Å². The van der Waals surface area contributed by atoms with E-state index in [1.807, 2.05) is 66.4 Å². The van der Waals surface area contributed by atoms with Crippen LogP contribution < -0.4 is 15.1 Å². The molecule has 0 radical (unpaired) electrons. The molecule has 1 aromatic heterocycles. The average Bonchev–Trinajstić information content (AvgIpc) is 3.52. The molecule has 0 aliphatic carbocycles. The number of hydrogen-bond donors (Lipinski definition) is 1. The number of urea groups is 1. The number of para-hydroxylation sites is 1. The lowest BCUT2D eigenvalue weighted by atomic mass is 10.1. The Kier molecular flexibility index (Phi) is 6.16. The summed E-state index contributed by atoms with van der Waals surface area (Å²) in [4.78, 5) is 35.0. The summed E-state index contributed by atoms with van der Waals surface area (Å²) in [6.07, 6.45) is 0.359. The van der Waals surface area contributed by atoms with E-state index in [-0.39, 0.29) is 17.9 Å². The van der Waals surface area contributed by atoms with E-state index in [4.69, 9.17) is 4.52 Å². The second kappa shape index (κ2) is 9.54. The molecule has 1 N–H and O–H groups in total. The molecule has 5 rings (SSSR count). The van der Waals surface area contributed by atoms with Gasteiger partial charge in [-0.2, -0.15) is 4.98 Å². The average molecular weight is 461 g/mol. The first-order valence-electron chi connectivity index (χ1n) is 11.7. The van der Waals surface area contributed by atoms with Crippen molar-refractivity contribution in [2.75, 3.05) is 49.1 Å². The number of rotatable bonds is 5. The van der Waals surface area contributed by atoms with Crippen LogP contribution in [0.1, 0.15) is 25.2 Å². The molecule has 9 heteroatoms. The quantitative estimate of drug-likeness (QED) is 0.629. The van der Waals surface area contributed by atoms with Crippen LogP contribution in [-0.4, -0.2) is 66.2 Å². The van der Waals surface area contributed by atoms with Crippen molar-refractivity contribution in [1.82, 2.24) is 20.4 Å². The molecular formula is C25H28N6O3. The fraction of sp³-hybridized carbons (Fsp3) is 0.360. The predicted molar refractivity (Wildman–Crippen MR) is 129 cm³/mol. The number of piperazine rings is 1. The van der Waals surface area contributed by atoms with Gasteiger partial charge in [-0.1, -0.05) is 23.4 Å². The topological polar surface area (TPSA) is 94.8 Å².